The van der Waals surface area contributed by atoms with Gasteiger partial charge < -0.3 is 4.90 Å². The second kappa shape index (κ2) is 5.42. The van der Waals surface area contributed by atoms with Gasteiger partial charge in [0.05, 0.1) is 17.3 Å². The zero-order chi connectivity index (χ0) is 14.1. The van der Waals surface area contributed by atoms with Crippen molar-refractivity contribution in [2.75, 3.05) is 11.4 Å². The Balaban J connectivity index is 2.16. The summed E-state index contributed by atoms with van der Waals surface area (Å²) in [7, 11) is 0. The molecule has 0 unspecified atom stereocenters. The third kappa shape index (κ3) is 2.07. The van der Waals surface area contributed by atoms with E-state index in [1.807, 2.05) is 33.9 Å². The van der Waals surface area contributed by atoms with E-state index in [1.165, 1.54) is 17.4 Å². The number of anilines is 2. The minimum Gasteiger partial charge on any atom is -0.323 e. The molecular formula is C14H13ClFN3S. The Morgan fingerprint density at radius 1 is 1.40 bits per heavy atom. The minimum atomic E-state index is -0.258. The van der Waals surface area contributed by atoms with E-state index in [9.17, 15) is 4.39 Å². The number of hydrogen-bond donors (Lipinski definition) is 0. The van der Waals surface area contributed by atoms with Crippen LogP contribution >= 0.6 is 22.9 Å². The maximum absolute atomic E-state index is 14.0. The molecule has 3 nitrogen and oxygen atoms in total. The molecule has 0 spiro atoms. The second-order valence-electron chi connectivity index (χ2n) is 4.27. The molecule has 0 bridgehead atoms. The highest BCUT2D eigenvalue weighted by Gasteiger charge is 2.20. The van der Waals surface area contributed by atoms with Gasteiger partial charge in [-0.2, -0.15) is 0 Å². The fraction of sp³-hybridized carbons (Fsp3) is 0.214. The van der Waals surface area contributed by atoms with E-state index in [-0.39, 0.29) is 5.82 Å². The van der Waals surface area contributed by atoms with Gasteiger partial charge in [-0.1, -0.05) is 12.1 Å². The van der Waals surface area contributed by atoms with Gasteiger partial charge in [-0.3, -0.25) is 4.40 Å². The first-order valence-electron chi connectivity index (χ1n) is 6.28. The molecule has 0 amide bonds. The number of rotatable bonds is 4. The first-order valence-corrected chi connectivity index (χ1v) is 7.70. The second-order valence-corrected chi connectivity index (χ2v) is 5.41. The van der Waals surface area contributed by atoms with E-state index in [1.54, 1.807) is 12.1 Å². The SMILES string of the molecule is CCN(c1ccccc1F)c1nc2sccn2c1CCl. The fourth-order valence-electron chi connectivity index (χ4n) is 2.27. The summed E-state index contributed by atoms with van der Waals surface area (Å²) in [5.74, 6) is 0.795. The zero-order valence-electron chi connectivity index (χ0n) is 10.9. The molecule has 0 saturated carbocycles. The minimum absolute atomic E-state index is 0.258. The molecule has 0 atom stereocenters. The summed E-state index contributed by atoms with van der Waals surface area (Å²) < 4.78 is 16.0. The maximum atomic E-state index is 14.0. The Hall–Kier alpha value is -1.59. The van der Waals surface area contributed by atoms with E-state index in [4.69, 9.17) is 11.6 Å². The molecule has 0 aliphatic heterocycles. The molecule has 0 N–H and O–H groups in total. The molecule has 0 radical (unpaired) electrons. The first-order chi connectivity index (χ1) is 9.76. The van der Waals surface area contributed by atoms with Gasteiger partial charge in [-0.05, 0) is 19.1 Å². The predicted octanol–water partition coefficient (Wildman–Crippen LogP) is 4.43. The van der Waals surface area contributed by atoms with E-state index in [0.717, 1.165) is 16.5 Å². The fourth-order valence-corrected chi connectivity index (χ4v) is 3.24. The number of alkyl halides is 1. The third-order valence-electron chi connectivity index (χ3n) is 3.18. The standard InChI is InChI=1S/C14H13ClFN3S/c1-2-18(11-6-4-3-5-10(11)16)13-12(9-15)19-7-8-20-14(19)17-13/h3-8H,2,9H2,1H3. The van der Waals surface area contributed by atoms with Crippen LogP contribution in [0.2, 0.25) is 0 Å². The lowest BCUT2D eigenvalue weighted by atomic mass is 10.2. The van der Waals surface area contributed by atoms with Crippen LogP contribution in [0.5, 0.6) is 0 Å². The molecule has 3 rings (SSSR count). The van der Waals surface area contributed by atoms with Crippen molar-refractivity contribution < 1.29 is 4.39 Å². The summed E-state index contributed by atoms with van der Waals surface area (Å²) in [6, 6.07) is 6.71. The number of para-hydroxylation sites is 1. The van der Waals surface area contributed by atoms with Crippen molar-refractivity contribution in [3.63, 3.8) is 0 Å². The Morgan fingerprint density at radius 3 is 2.90 bits per heavy atom. The van der Waals surface area contributed by atoms with Gasteiger partial charge in [0.1, 0.15) is 5.82 Å². The normalized spacial score (nSPS) is 11.2. The molecule has 0 aliphatic rings. The van der Waals surface area contributed by atoms with E-state index >= 15 is 0 Å². The molecule has 0 fully saturated rings. The number of hydrogen-bond acceptors (Lipinski definition) is 3. The topological polar surface area (TPSA) is 20.5 Å². The van der Waals surface area contributed by atoms with Crippen LogP contribution in [0, 0.1) is 5.82 Å². The van der Waals surface area contributed by atoms with Crippen molar-refractivity contribution in [2.45, 2.75) is 12.8 Å². The molecule has 2 aromatic heterocycles. The largest absolute Gasteiger partial charge is 0.323 e. The monoisotopic (exact) mass is 309 g/mol. The van der Waals surface area contributed by atoms with Crippen LogP contribution in [0.4, 0.5) is 15.9 Å². The van der Waals surface area contributed by atoms with Crippen molar-refractivity contribution in [3.8, 4) is 0 Å². The molecule has 2 heterocycles. The average Bonchev–Trinajstić information content (AvgIpc) is 3.02. The molecule has 0 saturated heterocycles. The average molecular weight is 310 g/mol. The molecule has 3 aromatic rings. The van der Waals surface area contributed by atoms with E-state index < -0.39 is 0 Å². The molecule has 104 valence electrons. The van der Waals surface area contributed by atoms with Crippen molar-refractivity contribution in [3.05, 3.63) is 47.4 Å². The van der Waals surface area contributed by atoms with Crippen molar-refractivity contribution in [2.24, 2.45) is 0 Å². The summed E-state index contributed by atoms with van der Waals surface area (Å²) in [6.45, 7) is 2.59. The lowest BCUT2D eigenvalue weighted by molar-refractivity contribution is 0.625. The van der Waals surface area contributed by atoms with Crippen LogP contribution in [0.1, 0.15) is 12.6 Å². The number of aromatic nitrogens is 2. The molecule has 6 heteroatoms. The van der Waals surface area contributed by atoms with Crippen LogP contribution in [0.25, 0.3) is 4.96 Å². The number of halogens is 2. The van der Waals surface area contributed by atoms with Gasteiger partial charge in [-0.15, -0.1) is 22.9 Å². The van der Waals surface area contributed by atoms with Gasteiger partial charge in [-0.25, -0.2) is 9.37 Å². The van der Waals surface area contributed by atoms with Crippen LogP contribution in [0.15, 0.2) is 35.8 Å². The third-order valence-corrected chi connectivity index (χ3v) is 4.19. The lowest BCUT2D eigenvalue weighted by Gasteiger charge is -2.22. The van der Waals surface area contributed by atoms with Gasteiger partial charge in [0.2, 0.25) is 0 Å². The van der Waals surface area contributed by atoms with Gasteiger partial charge in [0.25, 0.3) is 0 Å². The van der Waals surface area contributed by atoms with Crippen molar-refractivity contribution in [1.82, 2.24) is 9.38 Å². The summed E-state index contributed by atoms with van der Waals surface area (Å²) in [6.07, 6.45) is 1.93. The van der Waals surface area contributed by atoms with E-state index in [2.05, 4.69) is 4.98 Å². The summed E-state index contributed by atoms with van der Waals surface area (Å²) >= 11 is 7.60. The summed E-state index contributed by atoms with van der Waals surface area (Å²) in [5, 5.41) is 1.96. The first kappa shape index (κ1) is 13.4. The molecule has 0 aliphatic carbocycles. The summed E-state index contributed by atoms with van der Waals surface area (Å²) in [4.78, 5) is 7.31. The van der Waals surface area contributed by atoms with Gasteiger partial charge >= 0.3 is 0 Å². The molecular weight excluding hydrogens is 297 g/mol. The number of benzene rings is 1. The van der Waals surface area contributed by atoms with Gasteiger partial charge in [0.15, 0.2) is 10.8 Å². The van der Waals surface area contributed by atoms with Gasteiger partial charge in [0, 0.05) is 18.1 Å². The summed E-state index contributed by atoms with van der Waals surface area (Å²) in [5.41, 5.74) is 1.40. The highest BCUT2D eigenvalue weighted by molar-refractivity contribution is 7.15. The molecule has 1 aromatic carbocycles. The van der Waals surface area contributed by atoms with Crippen LogP contribution in [0.3, 0.4) is 0 Å². The van der Waals surface area contributed by atoms with Crippen molar-refractivity contribution >= 4 is 39.4 Å². The Kier molecular flexibility index (Phi) is 3.63. The quantitative estimate of drug-likeness (QED) is 0.664. The number of imidazole rings is 1. The van der Waals surface area contributed by atoms with Crippen LogP contribution in [-0.4, -0.2) is 15.9 Å². The van der Waals surface area contributed by atoms with E-state index in [0.29, 0.717) is 18.1 Å². The number of fused-ring (bicyclic) bond motifs is 1. The number of thiazole rings is 1. The molecule has 20 heavy (non-hydrogen) atoms. The number of nitrogens with zero attached hydrogens (tertiary/aromatic N) is 3. The predicted molar refractivity (Wildman–Crippen MR) is 81.7 cm³/mol. The Labute approximate surface area is 125 Å². The highest BCUT2D eigenvalue weighted by Crippen LogP contribution is 2.32. The zero-order valence-corrected chi connectivity index (χ0v) is 12.5. The highest BCUT2D eigenvalue weighted by atomic mass is 35.5. The Morgan fingerprint density at radius 2 is 2.20 bits per heavy atom. The smallest absolute Gasteiger partial charge is 0.195 e. The Bertz CT molecular complexity index is 737. The van der Waals surface area contributed by atoms with Crippen LogP contribution in [-0.2, 0) is 5.88 Å². The lowest BCUT2D eigenvalue weighted by Crippen LogP contribution is -2.19. The maximum Gasteiger partial charge on any atom is 0.195 e. The van der Waals surface area contributed by atoms with Crippen molar-refractivity contribution in [1.29, 1.82) is 0 Å². The van der Waals surface area contributed by atoms with Crippen LogP contribution < -0.4 is 4.90 Å².